The molecule has 2 amide bonds. The largest absolute Gasteiger partial charge is 0.494 e. The van der Waals surface area contributed by atoms with Gasteiger partial charge in [-0.05, 0) is 36.8 Å². The summed E-state index contributed by atoms with van der Waals surface area (Å²) in [6, 6.07) is 7.58. The molecule has 1 aliphatic heterocycles. The van der Waals surface area contributed by atoms with Gasteiger partial charge in [0.1, 0.15) is 11.9 Å². The second-order valence-electron chi connectivity index (χ2n) is 6.37. The van der Waals surface area contributed by atoms with E-state index in [0.717, 1.165) is 0 Å². The second kappa shape index (κ2) is 8.84. The summed E-state index contributed by atoms with van der Waals surface area (Å²) in [6.45, 7) is 0.390. The fourth-order valence-electron chi connectivity index (χ4n) is 3.10. The molecule has 0 saturated carbocycles. The maximum absolute atomic E-state index is 14.5. The maximum Gasteiger partial charge on any atom is 0.253 e. The summed E-state index contributed by atoms with van der Waals surface area (Å²) in [5, 5.41) is 11.6. The number of carbonyl (C=O) groups excluding carboxylic acids is 2. The van der Waals surface area contributed by atoms with E-state index >= 15 is 0 Å². The van der Waals surface area contributed by atoms with Gasteiger partial charge >= 0.3 is 0 Å². The van der Waals surface area contributed by atoms with Crippen molar-refractivity contribution in [3.8, 4) is 11.8 Å². The molecule has 2 aromatic rings. The molecule has 2 heterocycles. The second-order valence-corrected chi connectivity index (χ2v) is 6.73. The lowest BCUT2D eigenvalue weighted by Crippen LogP contribution is -2.44. The first-order chi connectivity index (χ1) is 14.4. The highest BCUT2D eigenvalue weighted by atomic mass is 32.1. The Balaban J connectivity index is 2.00. The molecule has 0 radical (unpaired) electrons. The zero-order valence-corrected chi connectivity index (χ0v) is 17.1. The molecule has 30 heavy (non-hydrogen) atoms. The predicted molar refractivity (Wildman–Crippen MR) is 112 cm³/mol. The van der Waals surface area contributed by atoms with Crippen LogP contribution in [0.25, 0.3) is 0 Å². The zero-order valence-electron chi connectivity index (χ0n) is 16.3. The normalized spacial score (nSPS) is 14.2. The third kappa shape index (κ3) is 3.92. The molecule has 1 fully saturated rings. The highest BCUT2D eigenvalue weighted by molar-refractivity contribution is 7.81. The third-order valence-corrected chi connectivity index (χ3v) is 5.01. The Hall–Kier alpha value is -3.58. The van der Waals surface area contributed by atoms with Crippen molar-refractivity contribution in [1.82, 2.24) is 10.3 Å². The predicted octanol–water partition coefficient (Wildman–Crippen LogP) is 2.38. The minimum Gasteiger partial charge on any atom is -0.494 e. The van der Waals surface area contributed by atoms with Crippen molar-refractivity contribution in [2.45, 2.75) is 12.8 Å². The van der Waals surface area contributed by atoms with Crippen LogP contribution in [0.3, 0.4) is 0 Å². The number of amides is 2. The number of anilines is 2. The van der Waals surface area contributed by atoms with Gasteiger partial charge in [0.15, 0.2) is 16.6 Å². The van der Waals surface area contributed by atoms with E-state index in [1.807, 2.05) is 6.07 Å². The van der Waals surface area contributed by atoms with Gasteiger partial charge in [-0.15, -0.1) is 0 Å². The van der Waals surface area contributed by atoms with Crippen LogP contribution in [0.15, 0.2) is 30.5 Å². The number of carbonyl (C=O) groups is 2. The number of halogens is 1. The quantitative estimate of drug-likeness (QED) is 0.748. The van der Waals surface area contributed by atoms with Crippen LogP contribution in [0.4, 0.5) is 15.8 Å². The van der Waals surface area contributed by atoms with Gasteiger partial charge in [0.2, 0.25) is 5.91 Å². The fraction of sp³-hybridized carbons (Fsp3) is 0.250. The summed E-state index contributed by atoms with van der Waals surface area (Å²) in [5.41, 5.74) is 0.753. The lowest BCUT2D eigenvalue weighted by molar-refractivity contribution is -0.117. The van der Waals surface area contributed by atoms with Crippen molar-refractivity contribution in [3.05, 3.63) is 47.5 Å². The summed E-state index contributed by atoms with van der Waals surface area (Å²) < 4.78 is 19.7. The number of nitrogens with one attached hydrogen (secondary N) is 1. The molecule has 3 rings (SSSR count). The minimum atomic E-state index is -0.696. The van der Waals surface area contributed by atoms with E-state index in [4.69, 9.17) is 22.2 Å². The van der Waals surface area contributed by atoms with Gasteiger partial charge in [0.05, 0.1) is 24.6 Å². The number of ether oxygens (including phenoxy) is 1. The van der Waals surface area contributed by atoms with Gasteiger partial charge in [0.25, 0.3) is 5.91 Å². The molecule has 154 valence electrons. The van der Waals surface area contributed by atoms with Crippen LogP contribution >= 0.6 is 12.2 Å². The Kier molecular flexibility index (Phi) is 6.23. The van der Waals surface area contributed by atoms with Gasteiger partial charge in [-0.25, -0.2) is 9.37 Å². The first-order valence-electron chi connectivity index (χ1n) is 9.01. The summed E-state index contributed by atoms with van der Waals surface area (Å²) in [4.78, 5) is 31.5. The zero-order chi connectivity index (χ0) is 21.8. The van der Waals surface area contributed by atoms with Crippen molar-refractivity contribution < 1.29 is 18.7 Å². The number of aromatic nitrogens is 1. The molecule has 1 N–H and O–H groups in total. The SMILES string of the molecule is CNC(=O)c1ccc(N2CCCC(=O)N(c3cnc(C#N)c(OC)c3)C2=S)cc1F. The summed E-state index contributed by atoms with van der Waals surface area (Å²) >= 11 is 5.56. The summed E-state index contributed by atoms with van der Waals surface area (Å²) in [5.74, 6) is -1.27. The summed E-state index contributed by atoms with van der Waals surface area (Å²) in [6.07, 6.45) is 2.08. The Labute approximate surface area is 177 Å². The molecule has 1 saturated heterocycles. The number of pyridine rings is 1. The molecule has 1 aromatic heterocycles. The first-order valence-corrected chi connectivity index (χ1v) is 9.42. The third-order valence-electron chi connectivity index (χ3n) is 4.60. The van der Waals surface area contributed by atoms with Gasteiger partial charge in [-0.3, -0.25) is 14.5 Å². The summed E-state index contributed by atoms with van der Waals surface area (Å²) in [7, 11) is 2.82. The van der Waals surface area contributed by atoms with Crippen molar-refractivity contribution in [3.63, 3.8) is 0 Å². The number of thiocarbonyl (C=S) groups is 1. The molecule has 1 aromatic carbocycles. The van der Waals surface area contributed by atoms with Crippen LogP contribution in [-0.4, -0.2) is 42.6 Å². The van der Waals surface area contributed by atoms with Crippen molar-refractivity contribution in [1.29, 1.82) is 5.26 Å². The Morgan fingerprint density at radius 3 is 2.77 bits per heavy atom. The van der Waals surface area contributed by atoms with Crippen LogP contribution in [0.1, 0.15) is 28.9 Å². The number of nitrogens with zero attached hydrogens (tertiary/aromatic N) is 4. The average Bonchev–Trinajstić information content (AvgIpc) is 2.90. The van der Waals surface area contributed by atoms with Crippen LogP contribution in [0, 0.1) is 17.1 Å². The average molecular weight is 427 g/mol. The molecule has 1 aliphatic rings. The van der Waals surface area contributed by atoms with E-state index < -0.39 is 11.7 Å². The van der Waals surface area contributed by atoms with E-state index in [9.17, 15) is 14.0 Å². The van der Waals surface area contributed by atoms with Gasteiger partial charge < -0.3 is 15.0 Å². The van der Waals surface area contributed by atoms with E-state index in [1.54, 1.807) is 11.0 Å². The molecular formula is C20H18FN5O3S. The fourth-order valence-corrected chi connectivity index (χ4v) is 3.51. The molecular weight excluding hydrogens is 409 g/mol. The number of nitriles is 1. The highest BCUT2D eigenvalue weighted by Crippen LogP contribution is 2.29. The molecule has 8 nitrogen and oxygen atoms in total. The molecule has 0 bridgehead atoms. The Bertz CT molecular complexity index is 1070. The monoisotopic (exact) mass is 427 g/mol. The van der Waals surface area contributed by atoms with Gasteiger partial charge in [-0.1, -0.05) is 0 Å². The lowest BCUT2D eigenvalue weighted by Gasteiger charge is -2.29. The number of benzene rings is 1. The van der Waals surface area contributed by atoms with E-state index in [1.165, 1.54) is 43.5 Å². The topological polar surface area (TPSA) is 98.6 Å². The lowest BCUT2D eigenvalue weighted by atomic mass is 10.1. The molecule has 0 aliphatic carbocycles. The first kappa shape index (κ1) is 21.1. The van der Waals surface area contributed by atoms with E-state index in [-0.39, 0.29) is 34.4 Å². The highest BCUT2D eigenvalue weighted by Gasteiger charge is 2.30. The number of methoxy groups -OCH3 is 1. The van der Waals surface area contributed by atoms with Crippen LogP contribution < -0.4 is 19.9 Å². The number of hydrogen-bond acceptors (Lipinski definition) is 6. The Morgan fingerprint density at radius 2 is 2.13 bits per heavy atom. The van der Waals surface area contributed by atoms with Crippen LogP contribution in [0.2, 0.25) is 0 Å². The van der Waals surface area contributed by atoms with Crippen LogP contribution in [0.5, 0.6) is 5.75 Å². The molecule has 10 heteroatoms. The van der Waals surface area contributed by atoms with Crippen molar-refractivity contribution in [2.75, 3.05) is 30.5 Å². The number of rotatable bonds is 4. The minimum absolute atomic E-state index is 0.0816. The Morgan fingerprint density at radius 1 is 1.37 bits per heavy atom. The molecule has 0 unspecified atom stereocenters. The van der Waals surface area contributed by atoms with E-state index in [2.05, 4.69) is 10.3 Å². The smallest absolute Gasteiger partial charge is 0.253 e. The van der Waals surface area contributed by atoms with E-state index in [0.29, 0.717) is 24.3 Å². The van der Waals surface area contributed by atoms with Gasteiger partial charge in [-0.2, -0.15) is 5.26 Å². The van der Waals surface area contributed by atoms with Crippen LogP contribution in [-0.2, 0) is 4.79 Å². The molecule has 0 atom stereocenters. The maximum atomic E-state index is 14.5. The standard InChI is InChI=1S/C20H18FN5O3S/c1-23-19(28)14-6-5-12(8-15(14)21)25-7-3-4-18(27)26(20(25)30)13-9-17(29-2)16(10-22)24-11-13/h5-6,8-9,11H,3-4,7H2,1-2H3,(H,23,28). The van der Waals surface area contributed by atoms with Crippen molar-refractivity contribution >= 4 is 40.5 Å². The van der Waals surface area contributed by atoms with Crippen molar-refractivity contribution in [2.24, 2.45) is 0 Å². The van der Waals surface area contributed by atoms with Gasteiger partial charge in [0, 0.05) is 31.8 Å². The number of hydrogen-bond donors (Lipinski definition) is 1. The molecule has 0 spiro atoms.